The lowest BCUT2D eigenvalue weighted by Crippen LogP contribution is -2.50. The summed E-state index contributed by atoms with van der Waals surface area (Å²) in [6, 6.07) is 9.63. The van der Waals surface area contributed by atoms with Gasteiger partial charge in [-0.1, -0.05) is 6.07 Å². The third-order valence-electron chi connectivity index (χ3n) is 7.79. The van der Waals surface area contributed by atoms with E-state index >= 15 is 0 Å². The summed E-state index contributed by atoms with van der Waals surface area (Å²) in [7, 11) is 0. The van der Waals surface area contributed by atoms with Crippen molar-refractivity contribution in [2.45, 2.75) is 43.0 Å². The van der Waals surface area contributed by atoms with Crippen molar-refractivity contribution in [3.8, 4) is 17.6 Å². The van der Waals surface area contributed by atoms with Crippen molar-refractivity contribution in [1.29, 1.82) is 5.26 Å². The Morgan fingerprint density at radius 3 is 2.81 bits per heavy atom. The van der Waals surface area contributed by atoms with Gasteiger partial charge in [0.25, 0.3) is 11.8 Å². The molecule has 2 aliphatic heterocycles. The molecular weight excluding hydrogens is 557 g/mol. The molecule has 4 heterocycles. The number of nitrogens with zero attached hydrogens (tertiary/aromatic N) is 4. The maximum atomic E-state index is 13.7. The van der Waals surface area contributed by atoms with Crippen LogP contribution < -0.4 is 15.4 Å². The Morgan fingerprint density at radius 2 is 2.12 bits per heavy atom. The standard InChI is InChI=1S/C28H25F3N6O5/c29-28(30,31)15-42-18-2-3-19-17(9-18)5-6-27(19)10-20-22(24(38)35-27)23(25(39)34-13-26(40)7-8-41-14-26)37(36-20)21-4-1-16(11-32)12-33-21/h1-4,9,12,40H,5-8,10,13-15H2,(H,34,39)(H,35,38)/t26?,27-/m0/s1. The fraction of sp³-hybridized carbons (Fsp3) is 0.393. The lowest BCUT2D eigenvalue weighted by molar-refractivity contribution is -0.153. The summed E-state index contributed by atoms with van der Waals surface area (Å²) in [6.45, 7) is -1.10. The van der Waals surface area contributed by atoms with Gasteiger partial charge in [0.05, 0.1) is 29.0 Å². The maximum absolute atomic E-state index is 13.7. The van der Waals surface area contributed by atoms with E-state index < -0.39 is 35.7 Å². The number of ether oxygens (including phenoxy) is 2. The topological polar surface area (TPSA) is 151 Å². The zero-order valence-corrected chi connectivity index (χ0v) is 22.1. The molecule has 0 radical (unpaired) electrons. The van der Waals surface area contributed by atoms with Crippen LogP contribution in [-0.2, 0) is 23.1 Å². The third kappa shape index (κ3) is 5.05. The largest absolute Gasteiger partial charge is 0.484 e. The van der Waals surface area contributed by atoms with E-state index in [2.05, 4.69) is 20.7 Å². The van der Waals surface area contributed by atoms with Crippen LogP contribution in [0, 0.1) is 11.3 Å². The van der Waals surface area contributed by atoms with Gasteiger partial charge in [-0.15, -0.1) is 0 Å². The fourth-order valence-corrected chi connectivity index (χ4v) is 5.75. The van der Waals surface area contributed by atoms with Crippen molar-refractivity contribution in [3.63, 3.8) is 0 Å². The van der Waals surface area contributed by atoms with Crippen molar-refractivity contribution < 1.29 is 37.3 Å². The number of aliphatic hydroxyl groups is 1. The van der Waals surface area contributed by atoms with Crippen LogP contribution in [0.1, 0.15) is 56.1 Å². The monoisotopic (exact) mass is 582 g/mol. The normalized spacial score (nSPS) is 22.8. The number of carbonyl (C=O) groups excluding carboxylic acids is 2. The van der Waals surface area contributed by atoms with Crippen LogP contribution in [0.3, 0.4) is 0 Å². The number of pyridine rings is 1. The number of aryl methyl sites for hydroxylation is 1. The van der Waals surface area contributed by atoms with Crippen LogP contribution in [0.2, 0.25) is 0 Å². The van der Waals surface area contributed by atoms with Crippen LogP contribution in [-0.4, -0.2) is 69.8 Å². The first-order valence-corrected chi connectivity index (χ1v) is 13.2. The molecule has 42 heavy (non-hydrogen) atoms. The highest BCUT2D eigenvalue weighted by molar-refractivity contribution is 6.08. The smallest absolute Gasteiger partial charge is 0.422 e. The van der Waals surface area contributed by atoms with Crippen LogP contribution in [0.4, 0.5) is 13.2 Å². The molecule has 2 amide bonds. The molecule has 1 fully saturated rings. The van der Waals surface area contributed by atoms with E-state index in [1.807, 2.05) is 6.07 Å². The van der Waals surface area contributed by atoms with Gasteiger partial charge >= 0.3 is 6.18 Å². The summed E-state index contributed by atoms with van der Waals surface area (Å²) in [5, 5.41) is 30.2. The number of nitrogens with one attached hydrogen (secondary N) is 2. The van der Waals surface area contributed by atoms with Crippen molar-refractivity contribution >= 4 is 11.8 Å². The van der Waals surface area contributed by atoms with Gasteiger partial charge in [0.2, 0.25) is 0 Å². The first-order valence-electron chi connectivity index (χ1n) is 13.2. The van der Waals surface area contributed by atoms with E-state index in [1.54, 1.807) is 12.1 Å². The molecule has 218 valence electrons. The Bertz CT molecular complexity index is 1610. The number of carbonyl (C=O) groups is 2. The summed E-state index contributed by atoms with van der Waals surface area (Å²) in [5.41, 5.74) is -0.0352. The molecule has 14 heteroatoms. The van der Waals surface area contributed by atoms with Crippen LogP contribution >= 0.6 is 0 Å². The SMILES string of the molecule is N#Cc1ccc(-n2nc3c(c2C(=O)NCC2(O)CCOC2)C(=O)N[C@@]2(CCc4cc(OCC(F)(F)F)ccc42)C3)nc1. The summed E-state index contributed by atoms with van der Waals surface area (Å²) in [4.78, 5) is 31.5. The molecule has 11 nitrogen and oxygen atoms in total. The van der Waals surface area contributed by atoms with Crippen LogP contribution in [0.25, 0.3) is 5.82 Å². The second kappa shape index (κ2) is 10.1. The third-order valence-corrected chi connectivity index (χ3v) is 7.79. The van der Waals surface area contributed by atoms with Crippen molar-refractivity contribution in [2.75, 3.05) is 26.4 Å². The summed E-state index contributed by atoms with van der Waals surface area (Å²) in [6.07, 6.45) is -1.64. The number of halogens is 3. The number of hydrogen-bond donors (Lipinski definition) is 3. The quantitative estimate of drug-likeness (QED) is 0.400. The Kier molecular flexibility index (Phi) is 6.66. The number of aromatic nitrogens is 3. The summed E-state index contributed by atoms with van der Waals surface area (Å²) in [5.74, 6) is -0.916. The average molecular weight is 583 g/mol. The van der Waals surface area contributed by atoms with Crippen molar-refractivity contribution in [1.82, 2.24) is 25.4 Å². The van der Waals surface area contributed by atoms with Gasteiger partial charge < -0.3 is 25.2 Å². The molecule has 3 N–H and O–H groups in total. The van der Waals surface area contributed by atoms with Crippen molar-refractivity contribution in [3.05, 3.63) is 70.2 Å². The number of rotatable bonds is 6. The summed E-state index contributed by atoms with van der Waals surface area (Å²) >= 11 is 0. The second-order valence-corrected chi connectivity index (χ2v) is 10.7. The molecule has 1 aliphatic carbocycles. The fourth-order valence-electron chi connectivity index (χ4n) is 5.75. The predicted octanol–water partition coefficient (Wildman–Crippen LogP) is 2.09. The van der Waals surface area contributed by atoms with Crippen LogP contribution in [0.5, 0.6) is 5.75 Å². The number of fused-ring (bicyclic) bond motifs is 3. The molecule has 2 aromatic heterocycles. The molecule has 2 atom stereocenters. The molecule has 6 rings (SSSR count). The zero-order valence-electron chi connectivity index (χ0n) is 22.1. The lowest BCUT2D eigenvalue weighted by Gasteiger charge is -2.35. The predicted molar refractivity (Wildman–Crippen MR) is 138 cm³/mol. The Morgan fingerprint density at radius 1 is 1.29 bits per heavy atom. The van der Waals surface area contributed by atoms with E-state index in [0.29, 0.717) is 37.1 Å². The molecule has 1 saturated heterocycles. The van der Waals surface area contributed by atoms with E-state index in [-0.39, 0.29) is 42.4 Å². The highest BCUT2D eigenvalue weighted by atomic mass is 19.4. The highest BCUT2D eigenvalue weighted by Crippen LogP contribution is 2.44. The first-order chi connectivity index (χ1) is 20.0. The zero-order chi connectivity index (χ0) is 29.7. The minimum Gasteiger partial charge on any atom is -0.484 e. The molecular formula is C28H25F3N6O5. The van der Waals surface area contributed by atoms with Crippen LogP contribution in [0.15, 0.2) is 36.5 Å². The number of alkyl halides is 3. The maximum Gasteiger partial charge on any atom is 0.422 e. The van der Waals surface area contributed by atoms with Gasteiger partial charge in [0, 0.05) is 32.2 Å². The Hall–Kier alpha value is -4.48. The van der Waals surface area contributed by atoms with E-state index in [4.69, 9.17) is 14.7 Å². The van der Waals surface area contributed by atoms with Gasteiger partial charge in [0.1, 0.15) is 23.1 Å². The molecule has 0 bridgehead atoms. The minimum atomic E-state index is -4.47. The minimum absolute atomic E-state index is 0.0533. The highest BCUT2D eigenvalue weighted by Gasteiger charge is 2.47. The van der Waals surface area contributed by atoms with Gasteiger partial charge in [-0.3, -0.25) is 9.59 Å². The Balaban J connectivity index is 1.35. The van der Waals surface area contributed by atoms with Gasteiger partial charge in [-0.2, -0.15) is 23.5 Å². The van der Waals surface area contributed by atoms with E-state index in [0.717, 1.165) is 11.1 Å². The van der Waals surface area contributed by atoms with Gasteiger partial charge in [0.15, 0.2) is 12.4 Å². The molecule has 3 aromatic rings. The number of amides is 2. The number of benzene rings is 1. The molecule has 3 aliphatic rings. The van der Waals surface area contributed by atoms with Gasteiger partial charge in [-0.25, -0.2) is 9.67 Å². The molecule has 0 saturated carbocycles. The number of nitriles is 1. The van der Waals surface area contributed by atoms with Gasteiger partial charge in [-0.05, 0) is 48.2 Å². The summed E-state index contributed by atoms with van der Waals surface area (Å²) < 4.78 is 49.3. The number of hydrogen-bond acceptors (Lipinski definition) is 8. The van der Waals surface area contributed by atoms with Crippen molar-refractivity contribution in [2.24, 2.45) is 0 Å². The molecule has 1 unspecified atom stereocenters. The average Bonchev–Trinajstić information content (AvgIpc) is 3.66. The molecule has 1 aromatic carbocycles. The second-order valence-electron chi connectivity index (χ2n) is 10.7. The first kappa shape index (κ1) is 27.7. The Labute approximate surface area is 237 Å². The lowest BCUT2D eigenvalue weighted by atomic mass is 9.82. The van der Waals surface area contributed by atoms with E-state index in [1.165, 1.54) is 29.1 Å². The van der Waals surface area contributed by atoms with E-state index in [9.17, 15) is 27.9 Å². The molecule has 1 spiro atoms.